The first-order valence-corrected chi connectivity index (χ1v) is 6.97. The number of anilines is 2. The molecule has 20 heavy (non-hydrogen) atoms. The minimum atomic E-state index is 0.287. The van der Waals surface area contributed by atoms with Crippen molar-refractivity contribution in [1.29, 1.82) is 0 Å². The maximum Gasteiger partial charge on any atom is 0.230 e. The van der Waals surface area contributed by atoms with Crippen LogP contribution in [0.5, 0.6) is 0 Å². The Labute approximate surface area is 118 Å². The number of rotatable bonds is 2. The van der Waals surface area contributed by atoms with Crippen molar-refractivity contribution in [2.75, 3.05) is 23.7 Å². The third-order valence-corrected chi connectivity index (χ3v) is 3.79. The van der Waals surface area contributed by atoms with E-state index in [1.807, 2.05) is 6.07 Å². The van der Waals surface area contributed by atoms with Gasteiger partial charge in [-0.2, -0.15) is 15.0 Å². The van der Waals surface area contributed by atoms with E-state index in [-0.39, 0.29) is 5.95 Å². The van der Waals surface area contributed by atoms with Crippen LogP contribution in [0.15, 0.2) is 18.2 Å². The Kier molecular flexibility index (Phi) is 3.26. The molecule has 0 radical (unpaired) electrons. The second-order valence-corrected chi connectivity index (χ2v) is 5.31. The maximum atomic E-state index is 5.84. The minimum absolute atomic E-state index is 0.287. The molecule has 0 saturated carbocycles. The van der Waals surface area contributed by atoms with Crippen LogP contribution in [0.25, 0.3) is 11.4 Å². The van der Waals surface area contributed by atoms with Crippen molar-refractivity contribution in [1.82, 2.24) is 15.0 Å². The van der Waals surface area contributed by atoms with Crippen LogP contribution < -0.4 is 10.6 Å². The summed E-state index contributed by atoms with van der Waals surface area (Å²) in [6, 6.07) is 6.21. The zero-order valence-corrected chi connectivity index (χ0v) is 11.9. The quantitative estimate of drug-likeness (QED) is 0.906. The maximum absolute atomic E-state index is 5.84. The van der Waals surface area contributed by atoms with Gasteiger partial charge in [-0.1, -0.05) is 12.1 Å². The summed E-state index contributed by atoms with van der Waals surface area (Å²) in [5.74, 6) is 1.64. The molecule has 2 heterocycles. The van der Waals surface area contributed by atoms with Gasteiger partial charge in [0.05, 0.1) is 0 Å². The molecule has 1 aromatic carbocycles. The molecule has 5 nitrogen and oxygen atoms in total. The molecule has 104 valence electrons. The van der Waals surface area contributed by atoms with Gasteiger partial charge in [0.1, 0.15) is 0 Å². The number of hydrogen-bond donors (Lipinski definition) is 1. The molecule has 0 amide bonds. The number of benzene rings is 1. The monoisotopic (exact) mass is 269 g/mol. The van der Waals surface area contributed by atoms with E-state index in [1.54, 1.807) is 0 Å². The largest absolute Gasteiger partial charge is 0.368 e. The Bertz CT molecular complexity index is 632. The number of nitrogens with zero attached hydrogens (tertiary/aromatic N) is 4. The predicted octanol–water partition coefficient (Wildman–Crippen LogP) is 2.34. The van der Waals surface area contributed by atoms with Gasteiger partial charge in [-0.25, -0.2) is 0 Å². The van der Waals surface area contributed by atoms with E-state index < -0.39 is 0 Å². The molecule has 1 aliphatic rings. The lowest BCUT2D eigenvalue weighted by molar-refractivity contribution is 0.887. The Hall–Kier alpha value is -2.17. The summed E-state index contributed by atoms with van der Waals surface area (Å²) in [6.07, 6.45) is 2.37. The number of aryl methyl sites for hydroxylation is 2. The second kappa shape index (κ2) is 5.07. The second-order valence-electron chi connectivity index (χ2n) is 5.31. The van der Waals surface area contributed by atoms with Gasteiger partial charge in [0.25, 0.3) is 0 Å². The molecule has 1 fully saturated rings. The lowest BCUT2D eigenvalue weighted by Crippen LogP contribution is -2.21. The average molecular weight is 269 g/mol. The van der Waals surface area contributed by atoms with Crippen LogP contribution >= 0.6 is 0 Å². The molecule has 2 aromatic rings. The molecule has 3 rings (SSSR count). The molecule has 1 aliphatic heterocycles. The molecule has 1 aromatic heterocycles. The van der Waals surface area contributed by atoms with Gasteiger partial charge in [-0.05, 0) is 43.9 Å². The van der Waals surface area contributed by atoms with Crippen LogP contribution in [-0.4, -0.2) is 28.0 Å². The van der Waals surface area contributed by atoms with Gasteiger partial charge in [-0.3, -0.25) is 0 Å². The van der Waals surface area contributed by atoms with Gasteiger partial charge in [0.15, 0.2) is 5.82 Å². The average Bonchev–Trinajstić information content (AvgIpc) is 2.95. The van der Waals surface area contributed by atoms with Crippen molar-refractivity contribution in [3.05, 3.63) is 29.3 Å². The van der Waals surface area contributed by atoms with E-state index in [2.05, 4.69) is 45.8 Å². The Morgan fingerprint density at radius 3 is 2.45 bits per heavy atom. The Morgan fingerprint density at radius 1 is 1.00 bits per heavy atom. The Morgan fingerprint density at radius 2 is 1.75 bits per heavy atom. The van der Waals surface area contributed by atoms with Crippen LogP contribution in [0.4, 0.5) is 11.9 Å². The van der Waals surface area contributed by atoms with E-state index in [0.717, 1.165) is 18.7 Å². The molecule has 0 aliphatic carbocycles. The highest BCUT2D eigenvalue weighted by Crippen LogP contribution is 2.23. The summed E-state index contributed by atoms with van der Waals surface area (Å²) < 4.78 is 0. The smallest absolute Gasteiger partial charge is 0.230 e. The molecule has 0 spiro atoms. The standard InChI is InChI=1S/C15H19N5/c1-10-5-6-12(9-11(10)2)13-17-14(16)19-15(18-13)20-7-3-4-8-20/h5-6,9H,3-4,7-8H2,1-2H3,(H2,16,17,18,19). The van der Waals surface area contributed by atoms with E-state index in [1.165, 1.54) is 24.0 Å². The molecule has 0 atom stereocenters. The van der Waals surface area contributed by atoms with Crippen LogP contribution in [0.1, 0.15) is 24.0 Å². The molecule has 5 heteroatoms. The van der Waals surface area contributed by atoms with E-state index in [4.69, 9.17) is 5.73 Å². The van der Waals surface area contributed by atoms with Crippen LogP contribution in [0.3, 0.4) is 0 Å². The first-order chi connectivity index (χ1) is 9.63. The number of aromatic nitrogens is 3. The topological polar surface area (TPSA) is 67.9 Å². The van der Waals surface area contributed by atoms with Gasteiger partial charge in [-0.15, -0.1) is 0 Å². The van der Waals surface area contributed by atoms with Crippen LogP contribution in [0, 0.1) is 13.8 Å². The predicted molar refractivity (Wildman–Crippen MR) is 80.6 cm³/mol. The number of nitrogens with two attached hydrogens (primary N) is 1. The zero-order chi connectivity index (χ0) is 14.1. The lowest BCUT2D eigenvalue weighted by Gasteiger charge is -2.16. The SMILES string of the molecule is Cc1ccc(-c2nc(N)nc(N3CCCC3)n2)cc1C. The van der Waals surface area contributed by atoms with E-state index in [9.17, 15) is 0 Å². The van der Waals surface area contributed by atoms with Gasteiger partial charge >= 0.3 is 0 Å². The van der Waals surface area contributed by atoms with Crippen molar-refractivity contribution in [2.24, 2.45) is 0 Å². The fraction of sp³-hybridized carbons (Fsp3) is 0.400. The first kappa shape index (κ1) is 12.8. The molecular formula is C15H19N5. The van der Waals surface area contributed by atoms with Crippen molar-refractivity contribution < 1.29 is 0 Å². The third kappa shape index (κ3) is 2.43. The highest BCUT2D eigenvalue weighted by Gasteiger charge is 2.17. The molecular weight excluding hydrogens is 250 g/mol. The summed E-state index contributed by atoms with van der Waals surface area (Å²) in [6.45, 7) is 6.17. The van der Waals surface area contributed by atoms with Crippen molar-refractivity contribution in [3.8, 4) is 11.4 Å². The summed E-state index contributed by atoms with van der Waals surface area (Å²) in [7, 11) is 0. The summed E-state index contributed by atoms with van der Waals surface area (Å²) in [4.78, 5) is 15.3. The highest BCUT2D eigenvalue weighted by molar-refractivity contribution is 5.59. The van der Waals surface area contributed by atoms with Crippen LogP contribution in [0.2, 0.25) is 0 Å². The number of nitrogen functional groups attached to an aromatic ring is 1. The highest BCUT2D eigenvalue weighted by atomic mass is 15.3. The first-order valence-electron chi connectivity index (χ1n) is 6.97. The summed E-state index contributed by atoms with van der Waals surface area (Å²) >= 11 is 0. The van der Waals surface area contributed by atoms with Crippen molar-refractivity contribution in [3.63, 3.8) is 0 Å². The zero-order valence-electron chi connectivity index (χ0n) is 11.9. The third-order valence-electron chi connectivity index (χ3n) is 3.79. The van der Waals surface area contributed by atoms with E-state index >= 15 is 0 Å². The number of hydrogen-bond acceptors (Lipinski definition) is 5. The normalized spacial score (nSPS) is 14.8. The molecule has 0 unspecified atom stereocenters. The van der Waals surface area contributed by atoms with Crippen molar-refractivity contribution in [2.45, 2.75) is 26.7 Å². The Balaban J connectivity index is 2.02. The van der Waals surface area contributed by atoms with Crippen LogP contribution in [-0.2, 0) is 0 Å². The fourth-order valence-corrected chi connectivity index (χ4v) is 2.45. The van der Waals surface area contributed by atoms with Gasteiger partial charge in [0, 0.05) is 18.7 Å². The van der Waals surface area contributed by atoms with E-state index in [0.29, 0.717) is 11.8 Å². The minimum Gasteiger partial charge on any atom is -0.368 e. The molecule has 0 bridgehead atoms. The van der Waals surface area contributed by atoms with Gasteiger partial charge in [0.2, 0.25) is 11.9 Å². The molecule has 1 saturated heterocycles. The summed E-state index contributed by atoms with van der Waals surface area (Å²) in [5, 5.41) is 0. The van der Waals surface area contributed by atoms with Gasteiger partial charge < -0.3 is 10.6 Å². The fourth-order valence-electron chi connectivity index (χ4n) is 2.45. The molecule has 2 N–H and O–H groups in total. The van der Waals surface area contributed by atoms with Crippen molar-refractivity contribution >= 4 is 11.9 Å². The summed E-state index contributed by atoms with van der Waals surface area (Å²) in [5.41, 5.74) is 9.32. The lowest BCUT2D eigenvalue weighted by atomic mass is 10.1.